The van der Waals surface area contributed by atoms with Crippen molar-refractivity contribution in [2.45, 2.75) is 52.4 Å². The van der Waals surface area contributed by atoms with Crippen molar-refractivity contribution in [3.63, 3.8) is 0 Å². The molecule has 6 heteroatoms. The first-order valence-electron chi connectivity index (χ1n) is 6.73. The minimum absolute atomic E-state index is 0.101. The van der Waals surface area contributed by atoms with Gasteiger partial charge in [0.2, 0.25) is 5.91 Å². The first-order chi connectivity index (χ1) is 8.87. The summed E-state index contributed by atoms with van der Waals surface area (Å²) in [6.07, 6.45) is 1.82. The van der Waals surface area contributed by atoms with Crippen LogP contribution in [0.5, 0.6) is 0 Å². The molecule has 1 amide bonds. The molecule has 0 atom stereocenters. The predicted molar refractivity (Wildman–Crippen MR) is 76.3 cm³/mol. The van der Waals surface area contributed by atoms with E-state index in [0.29, 0.717) is 19.8 Å². The van der Waals surface area contributed by atoms with Crippen molar-refractivity contribution >= 4 is 14.0 Å². The number of ether oxygens (including phenoxy) is 1. The molecule has 1 aromatic rings. The van der Waals surface area contributed by atoms with Crippen LogP contribution < -0.4 is 0 Å². The molecule has 0 fully saturated rings. The van der Waals surface area contributed by atoms with Crippen molar-refractivity contribution < 1.29 is 9.53 Å². The second-order valence-electron chi connectivity index (χ2n) is 6.33. The van der Waals surface area contributed by atoms with Crippen molar-refractivity contribution in [1.29, 1.82) is 0 Å². The monoisotopic (exact) mass is 281 g/mol. The minimum atomic E-state index is -1.03. The van der Waals surface area contributed by atoms with Gasteiger partial charge in [-0.1, -0.05) is 19.6 Å². The third-order valence-electron chi connectivity index (χ3n) is 3.39. The van der Waals surface area contributed by atoms with E-state index in [4.69, 9.17) is 4.74 Å². The molecule has 0 aromatic carbocycles. The highest BCUT2D eigenvalue weighted by molar-refractivity contribution is 6.76. The molecule has 1 aliphatic rings. The summed E-state index contributed by atoms with van der Waals surface area (Å²) in [7, 11) is -1.03. The van der Waals surface area contributed by atoms with Gasteiger partial charge in [-0.15, -0.1) is 0 Å². The van der Waals surface area contributed by atoms with E-state index in [2.05, 4.69) is 24.6 Å². The van der Waals surface area contributed by atoms with Crippen molar-refractivity contribution in [3.8, 4) is 0 Å². The molecule has 0 spiro atoms. The standard InChI is InChI=1S/C13H23N3O2Si/c1-11(17)15-7-12-13(8-15)16(9-14-12)10-18-5-6-19(2,3)4/h9H,5-8,10H2,1-4H3. The highest BCUT2D eigenvalue weighted by Crippen LogP contribution is 2.21. The Kier molecular flexibility index (Phi) is 4.10. The number of imidazole rings is 1. The molecule has 0 bridgehead atoms. The van der Waals surface area contributed by atoms with Crippen molar-refractivity contribution in [2.24, 2.45) is 0 Å². The van der Waals surface area contributed by atoms with Crippen molar-refractivity contribution in [1.82, 2.24) is 14.5 Å². The maximum Gasteiger partial charge on any atom is 0.220 e. The first kappa shape index (κ1) is 14.3. The van der Waals surface area contributed by atoms with Gasteiger partial charge < -0.3 is 14.2 Å². The Bertz CT molecular complexity index is 465. The summed E-state index contributed by atoms with van der Waals surface area (Å²) in [5, 5.41) is 0. The van der Waals surface area contributed by atoms with Crippen molar-refractivity contribution in [3.05, 3.63) is 17.7 Å². The fraction of sp³-hybridized carbons (Fsp3) is 0.692. The molecule has 0 saturated carbocycles. The van der Waals surface area contributed by atoms with E-state index in [1.807, 2.05) is 10.9 Å². The summed E-state index contributed by atoms with van der Waals surface area (Å²) in [5.41, 5.74) is 2.12. The summed E-state index contributed by atoms with van der Waals surface area (Å²) < 4.78 is 7.75. The van der Waals surface area contributed by atoms with Gasteiger partial charge in [-0.05, 0) is 6.04 Å². The van der Waals surface area contributed by atoms with E-state index in [9.17, 15) is 4.79 Å². The lowest BCUT2D eigenvalue weighted by atomic mass is 10.4. The molecule has 0 N–H and O–H groups in total. The lowest BCUT2D eigenvalue weighted by molar-refractivity contribution is -0.129. The number of fused-ring (bicyclic) bond motifs is 1. The fourth-order valence-electron chi connectivity index (χ4n) is 2.06. The normalized spacial score (nSPS) is 14.8. The van der Waals surface area contributed by atoms with Crippen LogP contribution in [0.15, 0.2) is 6.33 Å². The van der Waals surface area contributed by atoms with Gasteiger partial charge in [-0.3, -0.25) is 4.79 Å². The Labute approximate surface area is 115 Å². The zero-order valence-electron chi connectivity index (χ0n) is 12.3. The van der Waals surface area contributed by atoms with Gasteiger partial charge in [0, 0.05) is 21.6 Å². The lowest BCUT2D eigenvalue weighted by Crippen LogP contribution is -2.23. The van der Waals surface area contributed by atoms with E-state index in [1.54, 1.807) is 11.8 Å². The number of rotatable bonds is 5. The van der Waals surface area contributed by atoms with Crippen LogP contribution in [-0.4, -0.2) is 35.0 Å². The van der Waals surface area contributed by atoms with E-state index >= 15 is 0 Å². The summed E-state index contributed by atoms with van der Waals surface area (Å²) in [6.45, 7) is 11.3. The molecule has 19 heavy (non-hydrogen) atoms. The average molecular weight is 281 g/mol. The Hall–Kier alpha value is -1.14. The third-order valence-corrected chi connectivity index (χ3v) is 5.09. The van der Waals surface area contributed by atoms with E-state index in [1.165, 1.54) is 6.04 Å². The number of nitrogens with zero attached hydrogens (tertiary/aromatic N) is 3. The maximum absolute atomic E-state index is 11.4. The quantitative estimate of drug-likeness (QED) is 0.613. The summed E-state index contributed by atoms with van der Waals surface area (Å²) >= 11 is 0. The largest absolute Gasteiger partial charge is 0.361 e. The number of aromatic nitrogens is 2. The molecule has 0 aliphatic carbocycles. The van der Waals surface area contributed by atoms with Crippen LogP contribution >= 0.6 is 0 Å². The van der Waals surface area contributed by atoms with Gasteiger partial charge in [-0.2, -0.15) is 0 Å². The molecule has 5 nitrogen and oxygen atoms in total. The number of hydrogen-bond acceptors (Lipinski definition) is 3. The third kappa shape index (κ3) is 3.67. The fourth-order valence-corrected chi connectivity index (χ4v) is 2.81. The van der Waals surface area contributed by atoms with Crippen LogP contribution in [0.3, 0.4) is 0 Å². The van der Waals surface area contributed by atoms with Crippen LogP contribution in [0, 0.1) is 0 Å². The number of carbonyl (C=O) groups is 1. The molecule has 0 saturated heterocycles. The van der Waals surface area contributed by atoms with Crippen LogP contribution in [0.2, 0.25) is 25.7 Å². The van der Waals surface area contributed by atoms with E-state index in [-0.39, 0.29) is 5.91 Å². The second-order valence-corrected chi connectivity index (χ2v) is 12.0. The summed E-state index contributed by atoms with van der Waals surface area (Å²) in [4.78, 5) is 17.5. The molecule has 106 valence electrons. The van der Waals surface area contributed by atoms with Gasteiger partial charge in [0.05, 0.1) is 30.8 Å². The summed E-state index contributed by atoms with van der Waals surface area (Å²) in [6, 6.07) is 1.17. The molecule has 0 unspecified atom stereocenters. The Morgan fingerprint density at radius 2 is 2.16 bits per heavy atom. The number of carbonyl (C=O) groups excluding carboxylic acids is 1. The number of hydrogen-bond donors (Lipinski definition) is 0. The molecule has 1 aromatic heterocycles. The minimum Gasteiger partial charge on any atom is -0.361 e. The van der Waals surface area contributed by atoms with Gasteiger partial charge in [0.1, 0.15) is 6.73 Å². The molecular weight excluding hydrogens is 258 g/mol. The van der Waals surface area contributed by atoms with Crippen molar-refractivity contribution in [2.75, 3.05) is 6.61 Å². The highest BCUT2D eigenvalue weighted by atomic mass is 28.3. The topological polar surface area (TPSA) is 47.4 Å². The molecule has 2 heterocycles. The molecule has 1 aliphatic heterocycles. The zero-order chi connectivity index (χ0) is 14.0. The SMILES string of the molecule is CC(=O)N1Cc2ncn(COCC[Si](C)(C)C)c2C1. The molecule has 0 radical (unpaired) electrons. The highest BCUT2D eigenvalue weighted by Gasteiger charge is 2.25. The Balaban J connectivity index is 1.86. The van der Waals surface area contributed by atoms with Crippen LogP contribution in [-0.2, 0) is 29.4 Å². The maximum atomic E-state index is 11.4. The van der Waals surface area contributed by atoms with Crippen LogP contribution in [0.1, 0.15) is 18.3 Å². The number of amides is 1. The molecule has 2 rings (SSSR count). The predicted octanol–water partition coefficient (Wildman–Crippen LogP) is 2.06. The van der Waals surface area contributed by atoms with Gasteiger partial charge in [0.25, 0.3) is 0 Å². The zero-order valence-corrected chi connectivity index (χ0v) is 13.3. The van der Waals surface area contributed by atoms with Gasteiger partial charge in [0.15, 0.2) is 0 Å². The van der Waals surface area contributed by atoms with Gasteiger partial charge >= 0.3 is 0 Å². The average Bonchev–Trinajstić information content (AvgIpc) is 2.83. The molecular formula is C13H23N3O2Si. The lowest BCUT2D eigenvalue weighted by Gasteiger charge is -2.16. The van der Waals surface area contributed by atoms with Gasteiger partial charge in [-0.25, -0.2) is 4.98 Å². The Morgan fingerprint density at radius 1 is 1.42 bits per heavy atom. The van der Waals surface area contributed by atoms with E-state index in [0.717, 1.165) is 18.0 Å². The van der Waals surface area contributed by atoms with Crippen LogP contribution in [0.4, 0.5) is 0 Å². The van der Waals surface area contributed by atoms with E-state index < -0.39 is 8.07 Å². The smallest absolute Gasteiger partial charge is 0.220 e. The summed E-state index contributed by atoms with van der Waals surface area (Å²) in [5.74, 6) is 0.101. The van der Waals surface area contributed by atoms with Crippen LogP contribution in [0.25, 0.3) is 0 Å². The Morgan fingerprint density at radius 3 is 2.79 bits per heavy atom. The second kappa shape index (κ2) is 5.46. The first-order valence-corrected chi connectivity index (χ1v) is 10.4.